The first kappa shape index (κ1) is 25.9. The molecule has 2 aromatic rings. The molecule has 6 nitrogen and oxygen atoms in total. The van der Waals surface area contributed by atoms with Gasteiger partial charge in [-0.25, -0.2) is 4.79 Å². The van der Waals surface area contributed by atoms with Crippen LogP contribution in [0.1, 0.15) is 56.0 Å². The van der Waals surface area contributed by atoms with Gasteiger partial charge in [-0.3, -0.25) is 9.69 Å². The highest BCUT2D eigenvalue weighted by Crippen LogP contribution is 2.30. The van der Waals surface area contributed by atoms with E-state index in [1.54, 1.807) is 24.3 Å². The summed E-state index contributed by atoms with van der Waals surface area (Å²) in [6.45, 7) is 8.02. The summed E-state index contributed by atoms with van der Waals surface area (Å²) < 4.78 is 0. The molecule has 0 aliphatic carbocycles. The number of rotatable bonds is 10. The van der Waals surface area contributed by atoms with Gasteiger partial charge in [-0.05, 0) is 68.7 Å². The van der Waals surface area contributed by atoms with E-state index in [-0.39, 0.29) is 29.9 Å². The lowest BCUT2D eigenvalue weighted by Gasteiger charge is -2.43. The number of anilines is 1. The van der Waals surface area contributed by atoms with Crippen LogP contribution in [0.15, 0.2) is 54.6 Å². The van der Waals surface area contributed by atoms with Gasteiger partial charge < -0.3 is 15.7 Å². The molecule has 1 heterocycles. The molecule has 6 heteroatoms. The average Bonchev–Trinajstić information content (AvgIpc) is 2.82. The number of ketones is 1. The zero-order chi connectivity index (χ0) is 24.5. The number of hydrogen-bond donors (Lipinski definition) is 3. The molecule has 0 spiro atoms. The Morgan fingerprint density at radius 3 is 2.59 bits per heavy atom. The molecule has 2 aromatic carbocycles. The first-order valence-electron chi connectivity index (χ1n) is 12.5. The van der Waals surface area contributed by atoms with E-state index >= 15 is 0 Å². The molecular weight excluding hydrogens is 426 g/mol. The van der Waals surface area contributed by atoms with Crippen LogP contribution < -0.4 is 10.6 Å². The third kappa shape index (κ3) is 7.67. The van der Waals surface area contributed by atoms with Crippen molar-refractivity contribution in [2.24, 2.45) is 11.8 Å². The van der Waals surface area contributed by atoms with E-state index in [1.165, 1.54) is 12.5 Å². The molecule has 1 fully saturated rings. The first-order valence-corrected chi connectivity index (χ1v) is 12.5. The Bertz CT molecular complexity index is 932. The van der Waals surface area contributed by atoms with Crippen molar-refractivity contribution in [1.82, 2.24) is 10.2 Å². The lowest BCUT2D eigenvalue weighted by Crippen LogP contribution is -2.51. The summed E-state index contributed by atoms with van der Waals surface area (Å²) >= 11 is 0. The minimum Gasteiger partial charge on any atom is -0.391 e. The van der Waals surface area contributed by atoms with Crippen molar-refractivity contribution in [2.75, 3.05) is 25.0 Å². The maximum Gasteiger partial charge on any atom is 0.319 e. The Hall–Kier alpha value is -2.70. The number of Topliss-reactive ketones (excluding diaryl/α,β-unsaturated/α-hetero) is 1. The zero-order valence-corrected chi connectivity index (χ0v) is 20.7. The third-order valence-electron chi connectivity index (χ3n) is 6.75. The molecule has 3 N–H and O–H groups in total. The van der Waals surface area contributed by atoms with Crippen molar-refractivity contribution in [3.63, 3.8) is 0 Å². The van der Waals surface area contributed by atoms with Gasteiger partial charge in [0.25, 0.3) is 0 Å². The SMILES string of the molecule is CC(=O)c1cccc(NC(=O)NCCCN2CC[C@H](Cc3ccccc3)C[C@@H]2[C@H](O)C(C)C)c1. The highest BCUT2D eigenvalue weighted by Gasteiger charge is 2.34. The van der Waals surface area contributed by atoms with Gasteiger partial charge in [0.2, 0.25) is 0 Å². The normalized spacial score (nSPS) is 19.6. The second-order valence-corrected chi connectivity index (χ2v) is 9.79. The molecule has 3 rings (SSSR count). The number of amides is 2. The fourth-order valence-corrected chi connectivity index (χ4v) is 4.81. The molecule has 0 saturated carbocycles. The van der Waals surface area contributed by atoms with Gasteiger partial charge in [0.05, 0.1) is 6.10 Å². The number of nitrogens with one attached hydrogen (secondary N) is 2. The number of carbonyl (C=O) groups is 2. The fraction of sp³-hybridized carbons (Fsp3) is 0.500. The molecule has 184 valence electrons. The maximum atomic E-state index is 12.3. The summed E-state index contributed by atoms with van der Waals surface area (Å²) in [6, 6.07) is 17.4. The molecule has 0 aromatic heterocycles. The number of aliphatic hydroxyl groups excluding tert-OH is 1. The molecule has 1 aliphatic heterocycles. The van der Waals surface area contributed by atoms with Crippen molar-refractivity contribution in [2.45, 2.75) is 58.6 Å². The summed E-state index contributed by atoms with van der Waals surface area (Å²) in [5.74, 6) is 0.749. The van der Waals surface area contributed by atoms with Crippen LogP contribution in [-0.4, -0.2) is 53.6 Å². The minimum atomic E-state index is -0.358. The quantitative estimate of drug-likeness (QED) is 0.350. The monoisotopic (exact) mass is 465 g/mol. The molecule has 0 radical (unpaired) electrons. The van der Waals surface area contributed by atoms with E-state index in [2.05, 4.69) is 59.7 Å². The minimum absolute atomic E-state index is 0.0327. The molecule has 1 saturated heterocycles. The molecular formula is C28H39N3O3. The van der Waals surface area contributed by atoms with Crippen LogP contribution in [0.4, 0.5) is 10.5 Å². The number of nitrogens with zero attached hydrogens (tertiary/aromatic N) is 1. The van der Waals surface area contributed by atoms with E-state index in [4.69, 9.17) is 0 Å². The van der Waals surface area contributed by atoms with Gasteiger partial charge in [-0.2, -0.15) is 0 Å². The van der Waals surface area contributed by atoms with E-state index in [1.807, 2.05) is 0 Å². The number of hydrogen-bond acceptors (Lipinski definition) is 4. The summed E-state index contributed by atoms with van der Waals surface area (Å²) in [5.41, 5.74) is 2.54. The van der Waals surface area contributed by atoms with E-state index < -0.39 is 0 Å². The van der Waals surface area contributed by atoms with E-state index in [0.29, 0.717) is 23.7 Å². The number of aliphatic hydroxyl groups is 1. The molecule has 0 bridgehead atoms. The van der Waals surface area contributed by atoms with Crippen LogP contribution in [0.5, 0.6) is 0 Å². The fourth-order valence-electron chi connectivity index (χ4n) is 4.81. The number of benzene rings is 2. The van der Waals surface area contributed by atoms with Crippen LogP contribution >= 0.6 is 0 Å². The number of carbonyl (C=O) groups excluding carboxylic acids is 2. The van der Waals surface area contributed by atoms with E-state index in [9.17, 15) is 14.7 Å². The number of urea groups is 1. The molecule has 1 aliphatic rings. The summed E-state index contributed by atoms with van der Waals surface area (Å²) in [5, 5.41) is 16.6. The predicted octanol–water partition coefficient (Wildman–Crippen LogP) is 4.74. The number of piperidine rings is 1. The third-order valence-corrected chi connectivity index (χ3v) is 6.75. The largest absolute Gasteiger partial charge is 0.391 e. The van der Waals surface area contributed by atoms with Gasteiger partial charge in [-0.1, -0.05) is 56.3 Å². The van der Waals surface area contributed by atoms with Crippen molar-refractivity contribution in [3.8, 4) is 0 Å². The van der Waals surface area contributed by atoms with Crippen molar-refractivity contribution in [1.29, 1.82) is 0 Å². The highest BCUT2D eigenvalue weighted by atomic mass is 16.3. The second kappa shape index (κ2) is 12.7. The summed E-state index contributed by atoms with van der Waals surface area (Å²) in [7, 11) is 0. The zero-order valence-electron chi connectivity index (χ0n) is 20.7. The predicted molar refractivity (Wildman–Crippen MR) is 137 cm³/mol. The van der Waals surface area contributed by atoms with Crippen molar-refractivity contribution in [3.05, 3.63) is 65.7 Å². The van der Waals surface area contributed by atoms with E-state index in [0.717, 1.165) is 38.8 Å². The molecule has 3 atom stereocenters. The highest BCUT2D eigenvalue weighted by molar-refractivity contribution is 5.96. The topological polar surface area (TPSA) is 81.7 Å². The van der Waals surface area contributed by atoms with Gasteiger partial charge in [0, 0.05) is 30.4 Å². The van der Waals surface area contributed by atoms with Crippen LogP contribution in [0.25, 0.3) is 0 Å². The standard InChI is InChI=1S/C28H39N3O3/c1-20(2)27(33)26-18-23(17-22-9-5-4-6-10-22)13-16-31(26)15-8-14-29-28(34)30-25-12-7-11-24(19-25)21(3)32/h4-7,9-12,19-20,23,26-27,33H,8,13-18H2,1-3H3,(H2,29,30,34)/t23-,26-,27-/m1/s1. The Labute approximate surface area is 203 Å². The summed E-state index contributed by atoms with van der Waals surface area (Å²) in [6.07, 6.45) is 3.63. The van der Waals surface area contributed by atoms with Crippen LogP contribution in [0, 0.1) is 11.8 Å². The Kier molecular flexibility index (Phi) is 9.66. The van der Waals surface area contributed by atoms with Crippen LogP contribution in [0.2, 0.25) is 0 Å². The maximum absolute atomic E-state index is 12.3. The Morgan fingerprint density at radius 2 is 1.88 bits per heavy atom. The van der Waals surface area contributed by atoms with Crippen molar-refractivity contribution < 1.29 is 14.7 Å². The van der Waals surface area contributed by atoms with Gasteiger partial charge in [0.15, 0.2) is 5.78 Å². The summed E-state index contributed by atoms with van der Waals surface area (Å²) in [4.78, 5) is 26.2. The lowest BCUT2D eigenvalue weighted by molar-refractivity contribution is -0.0140. The van der Waals surface area contributed by atoms with Crippen LogP contribution in [0.3, 0.4) is 0 Å². The number of likely N-dealkylation sites (tertiary alicyclic amines) is 1. The average molecular weight is 466 g/mol. The van der Waals surface area contributed by atoms with Gasteiger partial charge in [0.1, 0.15) is 0 Å². The molecule has 0 unspecified atom stereocenters. The van der Waals surface area contributed by atoms with Gasteiger partial charge in [-0.15, -0.1) is 0 Å². The second-order valence-electron chi connectivity index (χ2n) is 9.79. The molecule has 34 heavy (non-hydrogen) atoms. The van der Waals surface area contributed by atoms with Crippen LogP contribution in [-0.2, 0) is 6.42 Å². The Morgan fingerprint density at radius 1 is 1.12 bits per heavy atom. The first-order chi connectivity index (χ1) is 16.3. The van der Waals surface area contributed by atoms with Crippen molar-refractivity contribution >= 4 is 17.5 Å². The smallest absolute Gasteiger partial charge is 0.319 e. The van der Waals surface area contributed by atoms with Gasteiger partial charge >= 0.3 is 6.03 Å². The molecule has 2 amide bonds. The Balaban J connectivity index is 1.47. The lowest BCUT2D eigenvalue weighted by atomic mass is 9.82.